The highest BCUT2D eigenvalue weighted by Gasteiger charge is 2.14. The maximum atomic E-state index is 13.2. The Labute approximate surface area is 146 Å². The van der Waals surface area contributed by atoms with Gasteiger partial charge in [0.1, 0.15) is 19.0 Å². The normalized spacial score (nSPS) is 13.0. The molecule has 25 heavy (non-hydrogen) atoms. The molecule has 5 heteroatoms. The van der Waals surface area contributed by atoms with Crippen molar-refractivity contribution >= 4 is 12.0 Å². The lowest BCUT2D eigenvalue weighted by molar-refractivity contribution is -0.126. The molecular weight excluding hydrogens is 321 g/mol. The predicted octanol–water partition coefficient (Wildman–Crippen LogP) is 3.66. The Morgan fingerprint density at radius 2 is 1.96 bits per heavy atom. The van der Waals surface area contributed by atoms with E-state index in [1.165, 1.54) is 18.2 Å². The minimum Gasteiger partial charge on any atom is -0.486 e. The first-order chi connectivity index (χ1) is 12.2. The van der Waals surface area contributed by atoms with Crippen LogP contribution in [0.3, 0.4) is 0 Å². The van der Waals surface area contributed by atoms with Gasteiger partial charge in [-0.1, -0.05) is 18.2 Å². The molecule has 0 spiro atoms. The highest BCUT2D eigenvalue weighted by atomic mass is 19.1. The minimum atomic E-state index is -0.321. The van der Waals surface area contributed by atoms with E-state index in [0.29, 0.717) is 37.6 Å². The summed E-state index contributed by atoms with van der Waals surface area (Å²) >= 11 is 0. The third-order valence-electron chi connectivity index (χ3n) is 3.94. The number of hydrogen-bond acceptors (Lipinski definition) is 3. The molecule has 0 radical (unpaired) electrons. The van der Waals surface area contributed by atoms with Crippen LogP contribution in [0.25, 0.3) is 6.08 Å². The van der Waals surface area contributed by atoms with Crippen molar-refractivity contribution in [2.24, 2.45) is 0 Å². The zero-order valence-electron chi connectivity index (χ0n) is 14.1. The molecule has 4 nitrogen and oxygen atoms in total. The highest BCUT2D eigenvalue weighted by molar-refractivity contribution is 5.91. The van der Waals surface area contributed by atoms with Crippen molar-refractivity contribution in [2.45, 2.75) is 13.5 Å². The molecule has 0 bridgehead atoms. The van der Waals surface area contributed by atoms with Crippen molar-refractivity contribution in [3.8, 4) is 11.5 Å². The van der Waals surface area contributed by atoms with Crippen molar-refractivity contribution in [1.82, 2.24) is 4.90 Å². The average molecular weight is 341 g/mol. The van der Waals surface area contributed by atoms with E-state index in [0.717, 1.165) is 11.3 Å². The summed E-state index contributed by atoms with van der Waals surface area (Å²) in [6, 6.07) is 11.8. The summed E-state index contributed by atoms with van der Waals surface area (Å²) < 4.78 is 24.3. The number of nitrogens with zero attached hydrogens (tertiary/aromatic N) is 1. The van der Waals surface area contributed by atoms with Crippen LogP contribution < -0.4 is 9.47 Å². The fraction of sp³-hybridized carbons (Fsp3) is 0.250. The second-order valence-corrected chi connectivity index (χ2v) is 5.72. The van der Waals surface area contributed by atoms with Gasteiger partial charge in [-0.25, -0.2) is 4.39 Å². The molecule has 2 aromatic rings. The van der Waals surface area contributed by atoms with E-state index in [-0.39, 0.29) is 11.7 Å². The number of amides is 1. The quantitative estimate of drug-likeness (QED) is 0.779. The number of fused-ring (bicyclic) bond motifs is 1. The van der Waals surface area contributed by atoms with E-state index in [4.69, 9.17) is 9.47 Å². The van der Waals surface area contributed by atoms with Crippen LogP contribution in [0.5, 0.6) is 11.5 Å². The summed E-state index contributed by atoms with van der Waals surface area (Å²) in [5.41, 5.74) is 1.63. The molecule has 1 amide bonds. The van der Waals surface area contributed by atoms with Gasteiger partial charge in [0.15, 0.2) is 11.5 Å². The smallest absolute Gasteiger partial charge is 0.246 e. The van der Waals surface area contributed by atoms with Gasteiger partial charge in [0.2, 0.25) is 5.91 Å². The molecular formula is C20H20FNO3. The first-order valence-electron chi connectivity index (χ1n) is 8.27. The third kappa shape index (κ3) is 4.38. The third-order valence-corrected chi connectivity index (χ3v) is 3.94. The van der Waals surface area contributed by atoms with E-state index in [1.54, 1.807) is 23.1 Å². The molecule has 0 aliphatic carbocycles. The number of carbonyl (C=O) groups excluding carboxylic acids is 1. The fourth-order valence-corrected chi connectivity index (χ4v) is 2.64. The van der Waals surface area contributed by atoms with Gasteiger partial charge in [-0.2, -0.15) is 0 Å². The lowest BCUT2D eigenvalue weighted by Gasteiger charge is -2.22. The molecule has 0 unspecified atom stereocenters. The summed E-state index contributed by atoms with van der Waals surface area (Å²) in [6.45, 7) is 4.05. The van der Waals surface area contributed by atoms with E-state index in [9.17, 15) is 9.18 Å². The van der Waals surface area contributed by atoms with E-state index < -0.39 is 0 Å². The molecule has 1 heterocycles. The Morgan fingerprint density at radius 1 is 1.16 bits per heavy atom. The maximum absolute atomic E-state index is 13.2. The van der Waals surface area contributed by atoms with Crippen molar-refractivity contribution in [2.75, 3.05) is 19.8 Å². The number of likely N-dealkylation sites (N-methyl/N-ethyl adjacent to an activating group) is 1. The fourth-order valence-electron chi connectivity index (χ4n) is 2.64. The summed E-state index contributed by atoms with van der Waals surface area (Å²) in [5.74, 6) is 0.998. The lowest BCUT2D eigenvalue weighted by atomic mass is 10.1. The monoisotopic (exact) mass is 341 g/mol. The topological polar surface area (TPSA) is 38.8 Å². The van der Waals surface area contributed by atoms with Crippen molar-refractivity contribution in [3.63, 3.8) is 0 Å². The molecule has 0 N–H and O–H groups in total. The average Bonchev–Trinajstić information content (AvgIpc) is 2.64. The largest absolute Gasteiger partial charge is 0.486 e. The van der Waals surface area contributed by atoms with Gasteiger partial charge < -0.3 is 14.4 Å². The SMILES string of the molecule is CCN(Cc1ccc2c(c1)OCCO2)C(=O)/C=C/c1cccc(F)c1. The lowest BCUT2D eigenvalue weighted by Crippen LogP contribution is -2.28. The Hall–Kier alpha value is -2.82. The van der Waals surface area contributed by atoms with Crippen LogP contribution in [-0.4, -0.2) is 30.6 Å². The van der Waals surface area contributed by atoms with Gasteiger partial charge >= 0.3 is 0 Å². The van der Waals surface area contributed by atoms with Crippen molar-refractivity contribution < 1.29 is 18.7 Å². The predicted molar refractivity (Wildman–Crippen MR) is 94.0 cm³/mol. The molecule has 1 aliphatic heterocycles. The second-order valence-electron chi connectivity index (χ2n) is 5.72. The summed E-state index contributed by atoms with van der Waals surface area (Å²) in [7, 11) is 0. The highest BCUT2D eigenvalue weighted by Crippen LogP contribution is 2.31. The van der Waals surface area contributed by atoms with Crippen LogP contribution in [0.2, 0.25) is 0 Å². The van der Waals surface area contributed by atoms with Gasteiger partial charge in [-0.05, 0) is 48.4 Å². The van der Waals surface area contributed by atoms with Gasteiger partial charge in [-0.3, -0.25) is 4.79 Å². The molecule has 1 aliphatic rings. The van der Waals surface area contributed by atoms with E-state index in [2.05, 4.69) is 0 Å². The van der Waals surface area contributed by atoms with Gasteiger partial charge in [0, 0.05) is 19.2 Å². The standard InChI is InChI=1S/C20H20FNO3/c1-2-22(20(23)9-7-15-4-3-5-17(21)12-15)14-16-6-8-18-19(13-16)25-11-10-24-18/h3-9,12-13H,2,10-11,14H2,1H3/b9-7+. The van der Waals surface area contributed by atoms with E-state index in [1.807, 2.05) is 25.1 Å². The Balaban J connectivity index is 1.68. The van der Waals surface area contributed by atoms with Crippen LogP contribution >= 0.6 is 0 Å². The summed E-state index contributed by atoms with van der Waals surface area (Å²) in [4.78, 5) is 14.1. The second kappa shape index (κ2) is 7.83. The zero-order chi connectivity index (χ0) is 17.6. The zero-order valence-corrected chi connectivity index (χ0v) is 14.1. The summed E-state index contributed by atoms with van der Waals surface area (Å²) in [6.07, 6.45) is 3.09. The van der Waals surface area contributed by atoms with E-state index >= 15 is 0 Å². The number of rotatable bonds is 5. The number of hydrogen-bond donors (Lipinski definition) is 0. The molecule has 3 rings (SSSR count). The van der Waals surface area contributed by atoms with Crippen LogP contribution in [0.1, 0.15) is 18.1 Å². The van der Waals surface area contributed by atoms with Gasteiger partial charge in [0.05, 0.1) is 0 Å². The molecule has 0 saturated carbocycles. The van der Waals surface area contributed by atoms with Crippen LogP contribution in [-0.2, 0) is 11.3 Å². The number of halogens is 1. The van der Waals surface area contributed by atoms with Crippen LogP contribution in [0.15, 0.2) is 48.5 Å². The Kier molecular flexibility index (Phi) is 5.33. The molecule has 0 saturated heterocycles. The number of carbonyl (C=O) groups is 1. The molecule has 0 fully saturated rings. The first kappa shape index (κ1) is 17.0. The Morgan fingerprint density at radius 3 is 2.72 bits per heavy atom. The van der Waals surface area contributed by atoms with Gasteiger partial charge in [0.25, 0.3) is 0 Å². The molecule has 2 aromatic carbocycles. The minimum absolute atomic E-state index is 0.123. The maximum Gasteiger partial charge on any atom is 0.246 e. The summed E-state index contributed by atoms with van der Waals surface area (Å²) in [5, 5.41) is 0. The number of ether oxygens (including phenoxy) is 2. The van der Waals surface area contributed by atoms with Crippen molar-refractivity contribution in [1.29, 1.82) is 0 Å². The van der Waals surface area contributed by atoms with Crippen LogP contribution in [0.4, 0.5) is 4.39 Å². The molecule has 0 atom stereocenters. The Bertz CT molecular complexity index is 788. The van der Waals surface area contributed by atoms with Crippen molar-refractivity contribution in [3.05, 3.63) is 65.5 Å². The van der Waals surface area contributed by atoms with Gasteiger partial charge in [-0.15, -0.1) is 0 Å². The first-order valence-corrected chi connectivity index (χ1v) is 8.27. The molecule has 0 aromatic heterocycles. The van der Waals surface area contributed by atoms with Crippen LogP contribution in [0, 0.1) is 5.82 Å². The number of benzene rings is 2. The molecule has 130 valence electrons.